The van der Waals surface area contributed by atoms with E-state index in [0.717, 1.165) is 5.56 Å². The van der Waals surface area contributed by atoms with E-state index < -0.39 is 11.9 Å². The zero-order valence-electron chi connectivity index (χ0n) is 9.88. The first-order valence-corrected chi connectivity index (χ1v) is 5.77. The van der Waals surface area contributed by atoms with Gasteiger partial charge in [0.25, 0.3) is 0 Å². The number of aliphatic carboxylic acids is 1. The Hall–Kier alpha value is -2.29. The third kappa shape index (κ3) is 1.56. The van der Waals surface area contributed by atoms with Crippen molar-refractivity contribution < 1.29 is 14.6 Å². The maximum atomic E-state index is 11.5. The van der Waals surface area contributed by atoms with Gasteiger partial charge in [0.2, 0.25) is 0 Å². The average molecular weight is 240 g/mol. The van der Waals surface area contributed by atoms with Crippen molar-refractivity contribution in [1.29, 1.82) is 0 Å². The Morgan fingerprint density at radius 1 is 1.11 bits per heavy atom. The Kier molecular flexibility index (Phi) is 2.33. The minimum absolute atomic E-state index is 0.628. The molecule has 0 amide bonds. The van der Waals surface area contributed by atoms with Crippen molar-refractivity contribution in [1.82, 2.24) is 0 Å². The smallest absolute Gasteiger partial charge is 0.315 e. The summed E-state index contributed by atoms with van der Waals surface area (Å²) in [6.45, 7) is 1.96. The third-order valence-electron chi connectivity index (χ3n) is 3.18. The van der Waals surface area contributed by atoms with E-state index in [-0.39, 0.29) is 0 Å². The molecule has 0 bridgehead atoms. The Morgan fingerprint density at radius 2 is 1.83 bits per heavy atom. The van der Waals surface area contributed by atoms with Crippen LogP contribution in [-0.2, 0) is 4.79 Å². The number of ether oxygens (including phenoxy) is 1. The fourth-order valence-corrected chi connectivity index (χ4v) is 2.33. The van der Waals surface area contributed by atoms with E-state index in [9.17, 15) is 9.90 Å². The molecule has 1 aliphatic heterocycles. The molecule has 0 aliphatic carbocycles. The summed E-state index contributed by atoms with van der Waals surface area (Å²) in [6, 6.07) is 12.9. The number of aryl methyl sites for hydroxylation is 1. The van der Waals surface area contributed by atoms with E-state index in [1.54, 1.807) is 12.1 Å². The van der Waals surface area contributed by atoms with Crippen LogP contribution in [-0.4, -0.2) is 11.1 Å². The van der Waals surface area contributed by atoms with Gasteiger partial charge >= 0.3 is 5.97 Å². The van der Waals surface area contributed by atoms with E-state index in [1.807, 2.05) is 37.3 Å². The van der Waals surface area contributed by atoms with Gasteiger partial charge < -0.3 is 9.84 Å². The molecule has 1 aliphatic rings. The van der Waals surface area contributed by atoms with Crippen LogP contribution < -0.4 is 4.74 Å². The molecule has 0 spiro atoms. The number of fused-ring (bicyclic) bond motifs is 2. The Bertz CT molecular complexity index is 631. The molecular formula is C15H12O3. The van der Waals surface area contributed by atoms with Gasteiger partial charge in [-0.1, -0.05) is 30.3 Å². The van der Waals surface area contributed by atoms with Gasteiger partial charge in [0.1, 0.15) is 17.4 Å². The van der Waals surface area contributed by atoms with Crippen LogP contribution in [0.2, 0.25) is 0 Å². The molecule has 0 saturated heterocycles. The Labute approximate surface area is 105 Å². The first-order valence-electron chi connectivity index (χ1n) is 5.77. The van der Waals surface area contributed by atoms with Crippen molar-refractivity contribution >= 4 is 5.97 Å². The number of benzene rings is 2. The van der Waals surface area contributed by atoms with Crippen LogP contribution in [0.3, 0.4) is 0 Å². The van der Waals surface area contributed by atoms with E-state index in [0.29, 0.717) is 22.6 Å². The summed E-state index contributed by atoms with van der Waals surface area (Å²) in [7, 11) is 0. The van der Waals surface area contributed by atoms with Gasteiger partial charge in [0.15, 0.2) is 0 Å². The summed E-state index contributed by atoms with van der Waals surface area (Å²) in [6.07, 6.45) is 0. The summed E-state index contributed by atoms with van der Waals surface area (Å²) >= 11 is 0. The van der Waals surface area contributed by atoms with Crippen molar-refractivity contribution in [3.05, 3.63) is 59.2 Å². The number of rotatable bonds is 1. The van der Waals surface area contributed by atoms with E-state index in [4.69, 9.17) is 4.74 Å². The summed E-state index contributed by atoms with van der Waals surface area (Å²) in [4.78, 5) is 11.5. The van der Waals surface area contributed by atoms with Crippen molar-refractivity contribution in [2.24, 2.45) is 0 Å². The van der Waals surface area contributed by atoms with Crippen LogP contribution in [0.5, 0.6) is 11.5 Å². The van der Waals surface area contributed by atoms with Gasteiger partial charge in [0.05, 0.1) is 0 Å². The molecule has 0 radical (unpaired) electrons. The van der Waals surface area contributed by atoms with Gasteiger partial charge in [-0.3, -0.25) is 4.79 Å². The van der Waals surface area contributed by atoms with Crippen molar-refractivity contribution in [3.63, 3.8) is 0 Å². The number of hydrogen-bond acceptors (Lipinski definition) is 2. The number of carboxylic acids is 1. The quantitative estimate of drug-likeness (QED) is 0.831. The summed E-state index contributed by atoms with van der Waals surface area (Å²) in [5.41, 5.74) is 2.48. The van der Waals surface area contributed by atoms with Crippen molar-refractivity contribution in [3.8, 4) is 11.5 Å². The minimum Gasteiger partial charge on any atom is -0.481 e. The monoisotopic (exact) mass is 240 g/mol. The van der Waals surface area contributed by atoms with Gasteiger partial charge in [-0.25, -0.2) is 0 Å². The number of hydrogen-bond donors (Lipinski definition) is 1. The van der Waals surface area contributed by atoms with Crippen LogP contribution in [0.1, 0.15) is 22.6 Å². The fourth-order valence-electron chi connectivity index (χ4n) is 2.33. The van der Waals surface area contributed by atoms with Crippen LogP contribution in [0.15, 0.2) is 42.5 Å². The first kappa shape index (κ1) is 10.8. The maximum absolute atomic E-state index is 11.5. The highest BCUT2D eigenvalue weighted by Gasteiger charge is 2.32. The van der Waals surface area contributed by atoms with E-state index >= 15 is 0 Å². The lowest BCUT2D eigenvalue weighted by atomic mass is 9.87. The SMILES string of the molecule is Cc1ccc2c(c1)Oc1ccccc1C2C(=O)O. The topological polar surface area (TPSA) is 46.5 Å². The highest BCUT2D eigenvalue weighted by atomic mass is 16.5. The molecule has 3 heteroatoms. The second-order valence-electron chi connectivity index (χ2n) is 4.45. The molecular weight excluding hydrogens is 228 g/mol. The number of carboxylic acid groups (broad SMARTS) is 1. The second-order valence-corrected chi connectivity index (χ2v) is 4.45. The largest absolute Gasteiger partial charge is 0.481 e. The van der Waals surface area contributed by atoms with Gasteiger partial charge in [-0.05, 0) is 24.6 Å². The van der Waals surface area contributed by atoms with Gasteiger partial charge in [0, 0.05) is 11.1 Å². The summed E-state index contributed by atoms with van der Waals surface area (Å²) in [5.74, 6) is -0.231. The summed E-state index contributed by atoms with van der Waals surface area (Å²) < 4.78 is 5.78. The van der Waals surface area contributed by atoms with Crippen molar-refractivity contribution in [2.45, 2.75) is 12.8 Å². The second kappa shape index (κ2) is 3.88. The molecule has 2 aromatic carbocycles. The number of para-hydroxylation sites is 1. The molecule has 3 rings (SSSR count). The maximum Gasteiger partial charge on any atom is 0.315 e. The highest BCUT2D eigenvalue weighted by molar-refractivity contribution is 5.83. The molecule has 1 unspecified atom stereocenters. The van der Waals surface area contributed by atoms with Crippen LogP contribution in [0, 0.1) is 6.92 Å². The summed E-state index contributed by atoms with van der Waals surface area (Å²) in [5, 5.41) is 9.45. The highest BCUT2D eigenvalue weighted by Crippen LogP contribution is 2.44. The van der Waals surface area contributed by atoms with Gasteiger partial charge in [-0.2, -0.15) is 0 Å². The van der Waals surface area contributed by atoms with Crippen LogP contribution in [0.4, 0.5) is 0 Å². The van der Waals surface area contributed by atoms with Crippen LogP contribution >= 0.6 is 0 Å². The third-order valence-corrected chi connectivity index (χ3v) is 3.18. The fraction of sp³-hybridized carbons (Fsp3) is 0.133. The zero-order chi connectivity index (χ0) is 12.7. The van der Waals surface area contributed by atoms with E-state index in [2.05, 4.69) is 0 Å². The van der Waals surface area contributed by atoms with Crippen molar-refractivity contribution in [2.75, 3.05) is 0 Å². The standard InChI is InChI=1S/C15H12O3/c1-9-6-7-11-13(8-9)18-12-5-3-2-4-10(12)14(11)15(16)17/h2-8,14H,1H3,(H,16,17). The van der Waals surface area contributed by atoms with Crippen LogP contribution in [0.25, 0.3) is 0 Å². The molecule has 0 fully saturated rings. The molecule has 1 N–H and O–H groups in total. The normalized spacial score (nSPS) is 16.4. The average Bonchev–Trinajstić information content (AvgIpc) is 2.35. The zero-order valence-corrected chi connectivity index (χ0v) is 9.88. The lowest BCUT2D eigenvalue weighted by Gasteiger charge is -2.25. The molecule has 0 saturated carbocycles. The number of carbonyl (C=O) groups is 1. The first-order chi connectivity index (χ1) is 8.66. The molecule has 1 atom stereocenters. The molecule has 2 aromatic rings. The van der Waals surface area contributed by atoms with Gasteiger partial charge in [-0.15, -0.1) is 0 Å². The molecule has 18 heavy (non-hydrogen) atoms. The molecule has 90 valence electrons. The molecule has 3 nitrogen and oxygen atoms in total. The Morgan fingerprint density at radius 3 is 2.61 bits per heavy atom. The lowest BCUT2D eigenvalue weighted by molar-refractivity contribution is -0.137. The lowest BCUT2D eigenvalue weighted by Crippen LogP contribution is -2.18. The van der Waals surface area contributed by atoms with E-state index in [1.165, 1.54) is 0 Å². The predicted molar refractivity (Wildman–Crippen MR) is 67.2 cm³/mol. The molecule has 0 aromatic heterocycles. The predicted octanol–water partition coefficient (Wildman–Crippen LogP) is 3.32. The molecule has 1 heterocycles. The Balaban J connectivity index is 2.23. The minimum atomic E-state index is -0.851.